The zero-order chi connectivity index (χ0) is 13.5. The number of sulfonamides is 1. The van der Waals surface area contributed by atoms with E-state index >= 15 is 0 Å². The lowest BCUT2D eigenvalue weighted by Crippen LogP contribution is -2.25. The molecule has 1 aliphatic rings. The van der Waals surface area contributed by atoms with Gasteiger partial charge in [0.1, 0.15) is 4.90 Å². The number of para-hydroxylation sites is 1. The molecule has 0 aliphatic heterocycles. The lowest BCUT2D eigenvalue weighted by Gasteiger charge is -2.23. The van der Waals surface area contributed by atoms with Gasteiger partial charge in [-0.15, -0.1) is 0 Å². The van der Waals surface area contributed by atoms with Crippen molar-refractivity contribution in [3.63, 3.8) is 0 Å². The van der Waals surface area contributed by atoms with Crippen LogP contribution in [0.2, 0.25) is 0 Å². The zero-order valence-corrected chi connectivity index (χ0v) is 11.7. The van der Waals surface area contributed by atoms with E-state index in [0.717, 1.165) is 18.5 Å². The fraction of sp³-hybridized carbons (Fsp3) is 0.500. The summed E-state index contributed by atoms with van der Waals surface area (Å²) in [5.41, 5.74) is 7.15. The minimum atomic E-state index is -3.49. The number of anilines is 2. The molecule has 0 amide bonds. The van der Waals surface area contributed by atoms with Crippen LogP contribution in [0.25, 0.3) is 0 Å². The minimum absolute atomic E-state index is 0.178. The van der Waals surface area contributed by atoms with E-state index in [1.807, 2.05) is 13.1 Å². The maximum absolute atomic E-state index is 12.1. The summed E-state index contributed by atoms with van der Waals surface area (Å²) in [5.74, 6) is 0. The van der Waals surface area contributed by atoms with E-state index in [1.54, 1.807) is 12.1 Å². The van der Waals surface area contributed by atoms with Gasteiger partial charge in [-0.2, -0.15) is 0 Å². The molecule has 5 nitrogen and oxygen atoms in total. The maximum atomic E-state index is 12.1. The molecule has 0 aromatic heterocycles. The Morgan fingerprint density at radius 1 is 1.22 bits per heavy atom. The van der Waals surface area contributed by atoms with Crippen LogP contribution in [-0.2, 0) is 10.0 Å². The smallest absolute Gasteiger partial charge is 0.244 e. The summed E-state index contributed by atoms with van der Waals surface area (Å²) in [5, 5.41) is 0. The van der Waals surface area contributed by atoms with Crippen molar-refractivity contribution in [2.75, 3.05) is 31.8 Å². The normalized spacial score (nSPS) is 16.0. The predicted molar refractivity (Wildman–Crippen MR) is 73.2 cm³/mol. The molecule has 1 fully saturated rings. The molecule has 0 radical (unpaired) electrons. The van der Waals surface area contributed by atoms with E-state index in [-0.39, 0.29) is 4.90 Å². The number of benzene rings is 1. The third kappa shape index (κ3) is 2.18. The predicted octanol–water partition coefficient (Wildman–Crippen LogP) is 1.12. The van der Waals surface area contributed by atoms with Gasteiger partial charge in [-0.3, -0.25) is 0 Å². The molecule has 1 aliphatic carbocycles. The van der Waals surface area contributed by atoms with Crippen LogP contribution in [0.4, 0.5) is 11.4 Å². The molecule has 2 N–H and O–H groups in total. The Hall–Kier alpha value is -1.27. The Balaban J connectivity index is 2.48. The van der Waals surface area contributed by atoms with Crippen molar-refractivity contribution >= 4 is 21.4 Å². The van der Waals surface area contributed by atoms with Crippen molar-refractivity contribution in [2.24, 2.45) is 0 Å². The highest BCUT2D eigenvalue weighted by atomic mass is 32.2. The maximum Gasteiger partial charge on any atom is 0.244 e. The van der Waals surface area contributed by atoms with Gasteiger partial charge in [0.15, 0.2) is 0 Å². The summed E-state index contributed by atoms with van der Waals surface area (Å²) in [6, 6.07) is 5.64. The molecule has 6 heteroatoms. The van der Waals surface area contributed by atoms with Gasteiger partial charge < -0.3 is 10.6 Å². The fourth-order valence-corrected chi connectivity index (χ4v) is 2.95. The van der Waals surface area contributed by atoms with Gasteiger partial charge in [-0.25, -0.2) is 12.7 Å². The SMILES string of the molecule is CN(c1cccc(S(=O)(=O)N(C)C)c1N)C1CC1. The van der Waals surface area contributed by atoms with Crippen molar-refractivity contribution in [2.45, 2.75) is 23.8 Å². The molecule has 0 unspecified atom stereocenters. The highest BCUT2D eigenvalue weighted by molar-refractivity contribution is 7.89. The molecule has 1 aromatic carbocycles. The molecule has 0 heterocycles. The second-order valence-electron chi connectivity index (χ2n) is 4.82. The molecular weight excluding hydrogens is 250 g/mol. The number of rotatable bonds is 4. The Morgan fingerprint density at radius 2 is 1.83 bits per heavy atom. The average Bonchev–Trinajstić information content (AvgIpc) is 3.11. The van der Waals surface area contributed by atoms with E-state index < -0.39 is 10.0 Å². The summed E-state index contributed by atoms with van der Waals surface area (Å²) in [7, 11) is 1.48. The second kappa shape index (κ2) is 4.44. The molecule has 0 spiro atoms. The van der Waals surface area contributed by atoms with Crippen LogP contribution < -0.4 is 10.6 Å². The monoisotopic (exact) mass is 269 g/mol. The molecule has 1 saturated carbocycles. The van der Waals surface area contributed by atoms with Gasteiger partial charge >= 0.3 is 0 Å². The van der Waals surface area contributed by atoms with E-state index in [2.05, 4.69) is 4.90 Å². The summed E-state index contributed by atoms with van der Waals surface area (Å²) >= 11 is 0. The Morgan fingerprint density at radius 3 is 2.33 bits per heavy atom. The average molecular weight is 269 g/mol. The number of hydrogen-bond acceptors (Lipinski definition) is 4. The van der Waals surface area contributed by atoms with Crippen LogP contribution in [0.15, 0.2) is 23.1 Å². The van der Waals surface area contributed by atoms with Crippen molar-refractivity contribution in [1.82, 2.24) is 4.31 Å². The Bertz CT molecular complexity index is 550. The Labute approximate surface area is 108 Å². The van der Waals surface area contributed by atoms with E-state index in [1.165, 1.54) is 18.4 Å². The second-order valence-corrected chi connectivity index (χ2v) is 6.94. The van der Waals surface area contributed by atoms with Crippen molar-refractivity contribution in [1.29, 1.82) is 0 Å². The van der Waals surface area contributed by atoms with Gasteiger partial charge in [0, 0.05) is 27.2 Å². The van der Waals surface area contributed by atoms with Crippen LogP contribution in [0, 0.1) is 0 Å². The van der Waals surface area contributed by atoms with Crippen LogP contribution >= 0.6 is 0 Å². The number of nitrogen functional groups attached to an aromatic ring is 1. The number of nitrogens with two attached hydrogens (primary N) is 1. The van der Waals surface area contributed by atoms with E-state index in [0.29, 0.717) is 11.7 Å². The number of nitrogens with zero attached hydrogens (tertiary/aromatic N) is 2. The fourth-order valence-electron chi connectivity index (χ4n) is 1.92. The van der Waals surface area contributed by atoms with Crippen LogP contribution in [-0.4, -0.2) is 39.9 Å². The van der Waals surface area contributed by atoms with Crippen LogP contribution in [0.1, 0.15) is 12.8 Å². The molecule has 0 atom stereocenters. The molecule has 18 heavy (non-hydrogen) atoms. The molecule has 1 aromatic rings. The third-order valence-corrected chi connectivity index (χ3v) is 5.15. The Kier molecular flexibility index (Phi) is 3.25. The van der Waals surface area contributed by atoms with Gasteiger partial charge in [0.05, 0.1) is 11.4 Å². The van der Waals surface area contributed by atoms with Crippen LogP contribution in [0.3, 0.4) is 0 Å². The van der Waals surface area contributed by atoms with Crippen LogP contribution in [0.5, 0.6) is 0 Å². The summed E-state index contributed by atoms with van der Waals surface area (Å²) in [4.78, 5) is 2.24. The van der Waals surface area contributed by atoms with Gasteiger partial charge in [-0.05, 0) is 25.0 Å². The first-order valence-corrected chi connectivity index (χ1v) is 7.33. The topological polar surface area (TPSA) is 66.6 Å². The standard InChI is InChI=1S/C12H19N3O2S/c1-14(2)18(16,17)11-6-4-5-10(12(11)13)15(3)9-7-8-9/h4-6,9H,7-8,13H2,1-3H3. The summed E-state index contributed by atoms with van der Waals surface area (Å²) in [6.07, 6.45) is 2.28. The highest BCUT2D eigenvalue weighted by Crippen LogP contribution is 2.36. The first kappa shape index (κ1) is 13.2. The highest BCUT2D eigenvalue weighted by Gasteiger charge is 2.29. The van der Waals surface area contributed by atoms with E-state index in [4.69, 9.17) is 5.73 Å². The van der Waals surface area contributed by atoms with E-state index in [9.17, 15) is 8.42 Å². The molecule has 0 bridgehead atoms. The molecule has 100 valence electrons. The minimum Gasteiger partial charge on any atom is -0.396 e. The third-order valence-electron chi connectivity index (χ3n) is 3.28. The summed E-state index contributed by atoms with van der Waals surface area (Å²) < 4.78 is 25.5. The molecular formula is C12H19N3O2S. The largest absolute Gasteiger partial charge is 0.396 e. The lowest BCUT2D eigenvalue weighted by atomic mass is 10.2. The molecule has 2 rings (SSSR count). The van der Waals surface area contributed by atoms with Gasteiger partial charge in [0.2, 0.25) is 10.0 Å². The summed E-state index contributed by atoms with van der Waals surface area (Å²) in [6.45, 7) is 0. The van der Waals surface area contributed by atoms with Crippen molar-refractivity contribution in [3.05, 3.63) is 18.2 Å². The molecule has 0 saturated heterocycles. The lowest BCUT2D eigenvalue weighted by molar-refractivity contribution is 0.521. The first-order chi connectivity index (χ1) is 8.35. The number of hydrogen-bond donors (Lipinski definition) is 1. The van der Waals surface area contributed by atoms with Crippen molar-refractivity contribution < 1.29 is 8.42 Å². The van der Waals surface area contributed by atoms with Crippen molar-refractivity contribution in [3.8, 4) is 0 Å². The quantitative estimate of drug-likeness (QED) is 0.832. The van der Waals surface area contributed by atoms with Gasteiger partial charge in [0.25, 0.3) is 0 Å². The van der Waals surface area contributed by atoms with Gasteiger partial charge in [-0.1, -0.05) is 6.07 Å². The zero-order valence-electron chi connectivity index (χ0n) is 10.9. The first-order valence-electron chi connectivity index (χ1n) is 5.89.